The Labute approximate surface area is 119 Å². The van der Waals surface area contributed by atoms with Crippen LogP contribution in [0.15, 0.2) is 0 Å². The van der Waals surface area contributed by atoms with E-state index in [1.54, 1.807) is 0 Å². The van der Waals surface area contributed by atoms with Gasteiger partial charge in [0.15, 0.2) is 0 Å². The van der Waals surface area contributed by atoms with E-state index in [9.17, 15) is 5.11 Å². The zero-order valence-electron chi connectivity index (χ0n) is 13.1. The lowest BCUT2D eigenvalue weighted by Crippen LogP contribution is -2.44. The zero-order chi connectivity index (χ0) is 14.0. The second-order valence-corrected chi connectivity index (χ2v) is 6.40. The van der Waals surface area contributed by atoms with E-state index in [2.05, 4.69) is 13.8 Å². The predicted molar refractivity (Wildman–Crippen MR) is 81.4 cm³/mol. The van der Waals surface area contributed by atoms with Crippen molar-refractivity contribution in [2.75, 3.05) is 6.61 Å². The Morgan fingerprint density at radius 2 is 1.63 bits per heavy atom. The fourth-order valence-electron chi connectivity index (χ4n) is 3.00. The van der Waals surface area contributed by atoms with Crippen LogP contribution in [0.5, 0.6) is 0 Å². The first-order valence-corrected chi connectivity index (χ1v) is 8.51. The fraction of sp³-hybridized carbons (Fsp3) is 1.00. The molecule has 2 unspecified atom stereocenters. The molecule has 0 aromatic carbocycles. The maximum absolute atomic E-state index is 10.3. The molecule has 0 saturated carbocycles. The highest BCUT2D eigenvalue weighted by Crippen LogP contribution is 2.30. The third-order valence-electron chi connectivity index (χ3n) is 4.54. The van der Waals surface area contributed by atoms with E-state index >= 15 is 0 Å². The van der Waals surface area contributed by atoms with Gasteiger partial charge in [0.25, 0.3) is 0 Å². The molecule has 1 heterocycles. The van der Waals surface area contributed by atoms with Gasteiger partial charge in [0.05, 0.1) is 11.7 Å². The highest BCUT2D eigenvalue weighted by molar-refractivity contribution is 4.86. The highest BCUT2D eigenvalue weighted by Gasteiger charge is 2.34. The van der Waals surface area contributed by atoms with Crippen LogP contribution in [0.25, 0.3) is 0 Å². The average Bonchev–Trinajstić information content (AvgIpc) is 2.42. The van der Waals surface area contributed by atoms with Crippen molar-refractivity contribution in [3.63, 3.8) is 0 Å². The van der Waals surface area contributed by atoms with Gasteiger partial charge in [-0.3, -0.25) is 0 Å². The van der Waals surface area contributed by atoms with Gasteiger partial charge in [-0.1, -0.05) is 58.3 Å². The van der Waals surface area contributed by atoms with Crippen LogP contribution < -0.4 is 0 Å². The summed E-state index contributed by atoms with van der Waals surface area (Å²) in [5.41, 5.74) is -0.265. The maximum Gasteiger partial charge on any atom is 0.0912 e. The lowest BCUT2D eigenvalue weighted by molar-refractivity contribution is -0.138. The van der Waals surface area contributed by atoms with Crippen LogP contribution in [0, 0.1) is 0 Å². The van der Waals surface area contributed by atoms with Crippen molar-refractivity contribution in [2.24, 2.45) is 0 Å². The molecule has 1 aliphatic rings. The Kier molecular flexibility index (Phi) is 8.72. The van der Waals surface area contributed by atoms with Crippen LogP contribution in [-0.2, 0) is 4.74 Å². The first-order chi connectivity index (χ1) is 9.19. The normalized spacial score (nSPS) is 25.4. The largest absolute Gasteiger partial charge is 0.390 e. The Hall–Kier alpha value is -0.0800. The Morgan fingerprint density at radius 1 is 1.00 bits per heavy atom. The number of hydrogen-bond donors (Lipinski definition) is 1. The third-order valence-corrected chi connectivity index (χ3v) is 4.54. The van der Waals surface area contributed by atoms with E-state index in [0.29, 0.717) is 0 Å². The van der Waals surface area contributed by atoms with Crippen molar-refractivity contribution in [1.29, 1.82) is 0 Å². The molecular weight excluding hydrogens is 236 g/mol. The molecule has 19 heavy (non-hydrogen) atoms. The smallest absolute Gasteiger partial charge is 0.0912 e. The molecule has 2 heteroatoms. The summed E-state index contributed by atoms with van der Waals surface area (Å²) >= 11 is 0. The van der Waals surface area contributed by atoms with Gasteiger partial charge in [-0.25, -0.2) is 0 Å². The highest BCUT2D eigenvalue weighted by atomic mass is 16.5. The van der Waals surface area contributed by atoms with Crippen LogP contribution in [0.2, 0.25) is 0 Å². The van der Waals surface area contributed by atoms with Crippen molar-refractivity contribution in [3.8, 4) is 0 Å². The van der Waals surface area contributed by atoms with E-state index in [-0.39, 0.29) is 11.7 Å². The summed E-state index contributed by atoms with van der Waals surface area (Å²) in [4.78, 5) is 0. The summed E-state index contributed by atoms with van der Waals surface area (Å²) in [7, 11) is 0. The summed E-state index contributed by atoms with van der Waals surface area (Å²) in [6, 6.07) is 0. The Balaban J connectivity index is 1.99. The number of hydrogen-bond acceptors (Lipinski definition) is 2. The molecule has 114 valence electrons. The fourth-order valence-corrected chi connectivity index (χ4v) is 3.00. The number of unbranched alkanes of at least 4 members (excludes halogenated alkanes) is 7. The molecule has 0 spiro atoms. The Bertz CT molecular complexity index is 209. The van der Waals surface area contributed by atoms with Gasteiger partial charge in [0.1, 0.15) is 0 Å². The molecule has 1 saturated heterocycles. The van der Waals surface area contributed by atoms with Gasteiger partial charge in [-0.15, -0.1) is 0 Å². The maximum atomic E-state index is 10.3. The Morgan fingerprint density at radius 3 is 2.21 bits per heavy atom. The van der Waals surface area contributed by atoms with Gasteiger partial charge in [0, 0.05) is 6.61 Å². The molecule has 0 aliphatic carbocycles. The summed E-state index contributed by atoms with van der Waals surface area (Å²) in [6.45, 7) is 5.17. The molecule has 0 aromatic rings. The molecule has 0 bridgehead atoms. The topological polar surface area (TPSA) is 29.5 Å². The number of ether oxygens (including phenoxy) is 1. The van der Waals surface area contributed by atoms with E-state index < -0.39 is 0 Å². The minimum absolute atomic E-state index is 0.265. The van der Waals surface area contributed by atoms with Gasteiger partial charge in [-0.05, 0) is 32.6 Å². The van der Waals surface area contributed by atoms with Gasteiger partial charge < -0.3 is 9.84 Å². The monoisotopic (exact) mass is 270 g/mol. The van der Waals surface area contributed by atoms with Crippen LogP contribution in [0.3, 0.4) is 0 Å². The standard InChI is InChI=1S/C17H34O2/c1-3-4-5-6-7-8-9-10-13-16(18)17(2)14-11-12-15-19-17/h16,18H,3-15H2,1-2H3. The van der Waals surface area contributed by atoms with Gasteiger partial charge >= 0.3 is 0 Å². The molecule has 0 amide bonds. The molecule has 1 rings (SSSR count). The van der Waals surface area contributed by atoms with Crippen LogP contribution in [-0.4, -0.2) is 23.4 Å². The van der Waals surface area contributed by atoms with Crippen molar-refractivity contribution >= 4 is 0 Å². The molecule has 1 fully saturated rings. The average molecular weight is 270 g/mol. The lowest BCUT2D eigenvalue weighted by atomic mass is 9.87. The summed E-state index contributed by atoms with van der Waals surface area (Å²) < 4.78 is 5.80. The number of rotatable bonds is 10. The first kappa shape index (κ1) is 17.0. The SMILES string of the molecule is CCCCCCCCCCC(O)C1(C)CCCCO1. The van der Waals surface area contributed by atoms with Crippen molar-refractivity contribution < 1.29 is 9.84 Å². The minimum atomic E-state index is -0.270. The second-order valence-electron chi connectivity index (χ2n) is 6.40. The quantitative estimate of drug-likeness (QED) is 0.576. The van der Waals surface area contributed by atoms with E-state index in [1.165, 1.54) is 51.4 Å². The summed E-state index contributed by atoms with van der Waals surface area (Å²) in [6.07, 6.45) is 14.6. The van der Waals surface area contributed by atoms with Crippen molar-refractivity contribution in [2.45, 2.75) is 103 Å². The molecule has 1 N–H and O–H groups in total. The first-order valence-electron chi connectivity index (χ1n) is 8.51. The lowest BCUT2D eigenvalue weighted by Gasteiger charge is -2.38. The third kappa shape index (κ3) is 6.76. The molecule has 0 radical (unpaired) electrons. The van der Waals surface area contributed by atoms with E-state index in [0.717, 1.165) is 32.3 Å². The predicted octanol–water partition coefficient (Wildman–Crippen LogP) is 4.84. The second kappa shape index (κ2) is 9.77. The zero-order valence-corrected chi connectivity index (χ0v) is 13.1. The molecule has 2 atom stereocenters. The van der Waals surface area contributed by atoms with Crippen LogP contribution >= 0.6 is 0 Å². The molecule has 1 aliphatic heterocycles. The number of aliphatic hydroxyl groups is 1. The number of aliphatic hydroxyl groups excluding tert-OH is 1. The van der Waals surface area contributed by atoms with Gasteiger partial charge in [-0.2, -0.15) is 0 Å². The van der Waals surface area contributed by atoms with Crippen molar-refractivity contribution in [3.05, 3.63) is 0 Å². The molecule has 2 nitrogen and oxygen atoms in total. The van der Waals surface area contributed by atoms with Gasteiger partial charge in [0.2, 0.25) is 0 Å². The minimum Gasteiger partial charge on any atom is -0.390 e. The van der Waals surface area contributed by atoms with Crippen LogP contribution in [0.4, 0.5) is 0 Å². The van der Waals surface area contributed by atoms with Crippen molar-refractivity contribution in [1.82, 2.24) is 0 Å². The summed E-state index contributed by atoms with van der Waals surface area (Å²) in [5.74, 6) is 0. The van der Waals surface area contributed by atoms with E-state index in [4.69, 9.17) is 4.74 Å². The molecular formula is C17H34O2. The molecule has 0 aromatic heterocycles. The summed E-state index contributed by atoms with van der Waals surface area (Å²) in [5, 5.41) is 10.3. The van der Waals surface area contributed by atoms with E-state index in [1.807, 2.05) is 0 Å². The van der Waals surface area contributed by atoms with Crippen LogP contribution in [0.1, 0.15) is 90.9 Å².